The van der Waals surface area contributed by atoms with Crippen LogP contribution in [0.4, 0.5) is 0 Å². The maximum Gasteiger partial charge on any atom is 0.238 e. The van der Waals surface area contributed by atoms with Crippen molar-refractivity contribution in [2.24, 2.45) is 0 Å². The zero-order valence-electron chi connectivity index (χ0n) is 14.2. The Hall–Kier alpha value is -3.29. The minimum atomic E-state index is -0.0135. The number of benzene rings is 1. The fraction of sp³-hybridized carbons (Fsp3) is 0.278. The average Bonchev–Trinajstić information content (AvgIpc) is 3.39. The number of carbonyl (C=O) groups is 1. The van der Waals surface area contributed by atoms with Crippen molar-refractivity contribution in [2.45, 2.75) is 19.4 Å². The Labute approximate surface area is 149 Å². The van der Waals surface area contributed by atoms with Gasteiger partial charge in [-0.3, -0.25) is 4.79 Å². The lowest BCUT2D eigenvalue weighted by Gasteiger charge is -2.17. The maximum absolute atomic E-state index is 12.4. The van der Waals surface area contributed by atoms with Gasteiger partial charge in [-0.1, -0.05) is 11.2 Å². The van der Waals surface area contributed by atoms with Gasteiger partial charge in [0.25, 0.3) is 0 Å². The largest absolute Gasteiger partial charge is 0.461 e. The molecule has 3 heterocycles. The molecule has 0 spiro atoms. The molecule has 1 aliphatic rings. The van der Waals surface area contributed by atoms with Crippen LogP contribution in [0.2, 0.25) is 0 Å². The highest BCUT2D eigenvalue weighted by Gasteiger charge is 2.17. The average molecular weight is 355 g/mol. The number of hydrogen-bond donors (Lipinski definition) is 0. The number of amides is 1. The Kier molecular flexibility index (Phi) is 4.30. The summed E-state index contributed by atoms with van der Waals surface area (Å²) in [6, 6.07) is 9.16. The molecule has 1 aliphatic heterocycles. The molecule has 8 nitrogen and oxygen atoms in total. The normalized spacial score (nSPS) is 12.3. The fourth-order valence-corrected chi connectivity index (χ4v) is 2.67. The van der Waals surface area contributed by atoms with Crippen molar-refractivity contribution >= 4 is 5.91 Å². The summed E-state index contributed by atoms with van der Waals surface area (Å²) in [5.41, 5.74) is 0.975. The van der Waals surface area contributed by atoms with Crippen LogP contribution in [-0.4, -0.2) is 34.8 Å². The van der Waals surface area contributed by atoms with E-state index in [-0.39, 0.29) is 19.1 Å². The molecule has 0 saturated heterocycles. The first-order valence-electron chi connectivity index (χ1n) is 8.18. The predicted molar refractivity (Wildman–Crippen MR) is 89.4 cm³/mol. The summed E-state index contributed by atoms with van der Waals surface area (Å²) >= 11 is 0. The van der Waals surface area contributed by atoms with E-state index >= 15 is 0 Å². The van der Waals surface area contributed by atoms with Crippen molar-refractivity contribution in [3.8, 4) is 23.1 Å². The number of aromatic nitrogens is 2. The molecule has 0 unspecified atom stereocenters. The molecule has 134 valence electrons. The number of nitrogens with zero attached hydrogens (tertiary/aromatic N) is 3. The minimum absolute atomic E-state index is 0.0135. The lowest BCUT2D eigenvalue weighted by atomic mass is 10.2. The Balaban J connectivity index is 1.32. The van der Waals surface area contributed by atoms with E-state index < -0.39 is 0 Å². The molecule has 26 heavy (non-hydrogen) atoms. The molecular weight excluding hydrogens is 338 g/mol. The molecule has 2 aromatic heterocycles. The van der Waals surface area contributed by atoms with Gasteiger partial charge < -0.3 is 23.3 Å². The van der Waals surface area contributed by atoms with Crippen LogP contribution in [0.15, 0.2) is 45.5 Å². The lowest BCUT2D eigenvalue weighted by Crippen LogP contribution is -2.26. The third-order valence-corrected chi connectivity index (χ3v) is 4.04. The van der Waals surface area contributed by atoms with Gasteiger partial charge in [-0.05, 0) is 29.8 Å². The molecule has 0 aliphatic carbocycles. The van der Waals surface area contributed by atoms with E-state index in [2.05, 4.69) is 10.1 Å². The van der Waals surface area contributed by atoms with E-state index in [0.29, 0.717) is 36.2 Å². The molecule has 0 atom stereocenters. The molecule has 0 N–H and O–H groups in total. The summed E-state index contributed by atoms with van der Waals surface area (Å²) in [5, 5.41) is 3.85. The monoisotopic (exact) mass is 355 g/mol. The topological polar surface area (TPSA) is 90.8 Å². The molecule has 1 aromatic carbocycles. The van der Waals surface area contributed by atoms with Gasteiger partial charge in [0.05, 0.1) is 6.26 Å². The van der Waals surface area contributed by atoms with E-state index in [1.54, 1.807) is 30.3 Å². The molecule has 4 rings (SSSR count). The van der Waals surface area contributed by atoms with Gasteiger partial charge in [-0.25, -0.2) is 0 Å². The van der Waals surface area contributed by atoms with Crippen LogP contribution in [0.25, 0.3) is 11.6 Å². The summed E-state index contributed by atoms with van der Waals surface area (Å²) in [6.07, 6.45) is 2.19. The van der Waals surface area contributed by atoms with Crippen LogP contribution in [-0.2, 0) is 17.8 Å². The van der Waals surface area contributed by atoms with Crippen LogP contribution in [0.1, 0.15) is 17.9 Å². The SMILES string of the molecule is CN(Cc1ccc2c(c1)OCO2)C(=O)CCc1nc(-c2ccco2)no1. The Morgan fingerprint density at radius 2 is 2.12 bits per heavy atom. The fourth-order valence-electron chi connectivity index (χ4n) is 2.67. The number of hydrogen-bond acceptors (Lipinski definition) is 7. The van der Waals surface area contributed by atoms with Crippen LogP contribution >= 0.6 is 0 Å². The molecule has 8 heteroatoms. The van der Waals surface area contributed by atoms with E-state index in [1.807, 2.05) is 18.2 Å². The van der Waals surface area contributed by atoms with Gasteiger partial charge in [0.15, 0.2) is 17.3 Å². The number of carbonyl (C=O) groups excluding carboxylic acids is 1. The molecule has 0 bridgehead atoms. The van der Waals surface area contributed by atoms with E-state index in [4.69, 9.17) is 18.4 Å². The van der Waals surface area contributed by atoms with Gasteiger partial charge in [0, 0.05) is 26.4 Å². The number of fused-ring (bicyclic) bond motifs is 1. The van der Waals surface area contributed by atoms with Gasteiger partial charge in [0.1, 0.15) is 0 Å². The van der Waals surface area contributed by atoms with Crippen LogP contribution < -0.4 is 9.47 Å². The molecule has 0 saturated carbocycles. The summed E-state index contributed by atoms with van der Waals surface area (Å²) in [5.74, 6) is 2.74. The van der Waals surface area contributed by atoms with Crippen LogP contribution in [0.3, 0.4) is 0 Å². The molecular formula is C18H17N3O5. The van der Waals surface area contributed by atoms with Gasteiger partial charge in [0.2, 0.25) is 24.4 Å². The van der Waals surface area contributed by atoms with Crippen molar-refractivity contribution in [1.82, 2.24) is 15.0 Å². The second kappa shape index (κ2) is 6.91. The second-order valence-corrected chi connectivity index (χ2v) is 5.93. The summed E-state index contributed by atoms with van der Waals surface area (Å²) in [7, 11) is 1.76. The number of rotatable bonds is 6. The molecule has 0 radical (unpaired) electrons. The van der Waals surface area contributed by atoms with Crippen LogP contribution in [0.5, 0.6) is 11.5 Å². The third kappa shape index (κ3) is 3.39. The first kappa shape index (κ1) is 16.2. The summed E-state index contributed by atoms with van der Waals surface area (Å²) in [4.78, 5) is 18.2. The third-order valence-electron chi connectivity index (χ3n) is 4.04. The standard InChI is InChI=1S/C18H17N3O5/c1-21(10-12-4-5-13-15(9-12)25-11-24-13)17(22)7-6-16-19-18(20-26-16)14-3-2-8-23-14/h2-5,8-9H,6-7,10-11H2,1H3. The van der Waals surface area contributed by atoms with Crippen molar-refractivity contribution in [3.63, 3.8) is 0 Å². The van der Waals surface area contributed by atoms with Crippen molar-refractivity contribution < 1.29 is 23.2 Å². The summed E-state index contributed by atoms with van der Waals surface area (Å²) < 4.78 is 21.0. The minimum Gasteiger partial charge on any atom is -0.461 e. The first-order valence-corrected chi connectivity index (χ1v) is 8.18. The van der Waals surface area contributed by atoms with Crippen molar-refractivity contribution in [2.75, 3.05) is 13.8 Å². The zero-order valence-corrected chi connectivity index (χ0v) is 14.2. The van der Waals surface area contributed by atoms with Gasteiger partial charge in [-0.2, -0.15) is 4.98 Å². The highest BCUT2D eigenvalue weighted by molar-refractivity contribution is 5.76. The van der Waals surface area contributed by atoms with E-state index in [1.165, 1.54) is 0 Å². The molecule has 0 fully saturated rings. The van der Waals surface area contributed by atoms with Crippen molar-refractivity contribution in [1.29, 1.82) is 0 Å². The first-order chi connectivity index (χ1) is 12.7. The maximum atomic E-state index is 12.4. The second-order valence-electron chi connectivity index (χ2n) is 5.93. The Bertz CT molecular complexity index is 903. The van der Waals surface area contributed by atoms with Gasteiger partial charge in [-0.15, -0.1) is 0 Å². The molecule has 1 amide bonds. The Morgan fingerprint density at radius 3 is 2.96 bits per heavy atom. The number of ether oxygens (including phenoxy) is 2. The smallest absolute Gasteiger partial charge is 0.238 e. The summed E-state index contributed by atoms with van der Waals surface area (Å²) in [6.45, 7) is 0.717. The highest BCUT2D eigenvalue weighted by atomic mass is 16.7. The van der Waals surface area contributed by atoms with E-state index in [0.717, 1.165) is 11.3 Å². The Morgan fingerprint density at radius 1 is 1.23 bits per heavy atom. The van der Waals surface area contributed by atoms with E-state index in [9.17, 15) is 4.79 Å². The highest BCUT2D eigenvalue weighted by Crippen LogP contribution is 2.32. The number of aryl methyl sites for hydroxylation is 1. The quantitative estimate of drug-likeness (QED) is 0.671. The van der Waals surface area contributed by atoms with Crippen molar-refractivity contribution in [3.05, 3.63) is 48.0 Å². The van der Waals surface area contributed by atoms with Crippen LogP contribution in [0, 0.1) is 0 Å². The zero-order chi connectivity index (χ0) is 17.9. The molecule has 3 aromatic rings. The predicted octanol–water partition coefficient (Wildman–Crippen LogP) is 2.65. The lowest BCUT2D eigenvalue weighted by molar-refractivity contribution is -0.130. The van der Waals surface area contributed by atoms with Gasteiger partial charge >= 0.3 is 0 Å². The number of furan rings is 1.